The van der Waals surface area contributed by atoms with Crippen LogP contribution in [-0.4, -0.2) is 23.7 Å². The lowest BCUT2D eigenvalue weighted by molar-refractivity contribution is -0.139. The summed E-state index contributed by atoms with van der Waals surface area (Å²) < 4.78 is 5.20. The Kier molecular flexibility index (Phi) is 2.29. The number of aliphatic carboxylic acids is 1. The number of hydrogen-bond donors (Lipinski definition) is 2. The molecular weight excluding hydrogens is 182 g/mol. The number of hydrogen-bond acceptors (Lipinski definition) is 3. The quantitative estimate of drug-likeness (QED) is 0.742. The van der Waals surface area contributed by atoms with Crippen molar-refractivity contribution in [3.8, 4) is 0 Å². The first-order valence-electron chi connectivity index (χ1n) is 4.68. The van der Waals surface area contributed by atoms with Crippen LogP contribution in [0.1, 0.15) is 23.7 Å². The summed E-state index contributed by atoms with van der Waals surface area (Å²) in [5.41, 5.74) is 1.10. The molecule has 0 aromatic carbocycles. The zero-order chi connectivity index (χ0) is 10.1. The van der Waals surface area contributed by atoms with Gasteiger partial charge in [0.1, 0.15) is 11.8 Å². The van der Waals surface area contributed by atoms with Crippen molar-refractivity contribution in [2.75, 3.05) is 6.54 Å². The van der Waals surface area contributed by atoms with Gasteiger partial charge in [-0.25, -0.2) is 0 Å². The van der Waals surface area contributed by atoms with E-state index >= 15 is 0 Å². The predicted octanol–water partition coefficient (Wildman–Crippen LogP) is 1.12. The Labute approximate surface area is 81.9 Å². The number of rotatable bonds is 2. The Bertz CT molecular complexity index is 345. The van der Waals surface area contributed by atoms with Crippen molar-refractivity contribution in [1.29, 1.82) is 0 Å². The molecule has 2 heterocycles. The van der Waals surface area contributed by atoms with E-state index in [1.54, 1.807) is 6.26 Å². The number of carboxylic acid groups (broad SMARTS) is 1. The highest BCUT2D eigenvalue weighted by molar-refractivity contribution is 5.74. The Balaban J connectivity index is 2.05. The number of aryl methyl sites for hydroxylation is 1. The molecule has 4 heteroatoms. The molecule has 2 atom stereocenters. The fourth-order valence-electron chi connectivity index (χ4n) is 1.86. The molecule has 0 amide bonds. The van der Waals surface area contributed by atoms with Gasteiger partial charge in [-0.3, -0.25) is 4.79 Å². The molecule has 1 aromatic heterocycles. The van der Waals surface area contributed by atoms with Gasteiger partial charge in [0.2, 0.25) is 0 Å². The zero-order valence-electron chi connectivity index (χ0n) is 7.99. The zero-order valence-corrected chi connectivity index (χ0v) is 7.99. The van der Waals surface area contributed by atoms with Crippen LogP contribution >= 0.6 is 0 Å². The number of nitrogens with one attached hydrogen (secondary N) is 1. The van der Waals surface area contributed by atoms with E-state index in [4.69, 9.17) is 9.52 Å². The van der Waals surface area contributed by atoms with Gasteiger partial charge in [0.05, 0.1) is 6.26 Å². The summed E-state index contributed by atoms with van der Waals surface area (Å²) in [6.45, 7) is 2.61. The molecule has 1 aromatic rings. The Morgan fingerprint density at radius 3 is 3.00 bits per heavy atom. The van der Waals surface area contributed by atoms with Crippen LogP contribution in [0.4, 0.5) is 0 Å². The Morgan fingerprint density at radius 1 is 1.71 bits per heavy atom. The fraction of sp³-hybridized carbons (Fsp3) is 0.500. The van der Waals surface area contributed by atoms with Crippen LogP contribution in [0.15, 0.2) is 16.7 Å². The standard InChI is InChI=1S/C10H13NO3/c1-6-2-8(5-14-6)7-3-9(10(12)13)11-4-7/h2,5,7,9,11H,3-4H2,1H3,(H,12,13). The van der Waals surface area contributed by atoms with Crippen molar-refractivity contribution in [2.45, 2.75) is 25.3 Å². The Hall–Kier alpha value is -1.29. The summed E-state index contributed by atoms with van der Waals surface area (Å²) in [6.07, 6.45) is 2.36. The average molecular weight is 195 g/mol. The lowest BCUT2D eigenvalue weighted by atomic mass is 9.99. The maximum Gasteiger partial charge on any atom is 0.320 e. The van der Waals surface area contributed by atoms with Gasteiger partial charge < -0.3 is 14.8 Å². The number of carboxylic acids is 1. The molecule has 2 unspecified atom stereocenters. The van der Waals surface area contributed by atoms with Crippen LogP contribution in [0.5, 0.6) is 0 Å². The molecule has 0 spiro atoms. The van der Waals surface area contributed by atoms with Crippen LogP contribution in [0.2, 0.25) is 0 Å². The summed E-state index contributed by atoms with van der Waals surface area (Å²) >= 11 is 0. The van der Waals surface area contributed by atoms with Crippen LogP contribution in [0.3, 0.4) is 0 Å². The Morgan fingerprint density at radius 2 is 2.50 bits per heavy atom. The minimum atomic E-state index is -0.771. The molecule has 2 rings (SSSR count). The molecule has 0 bridgehead atoms. The van der Waals surface area contributed by atoms with Gasteiger partial charge in [-0.1, -0.05) is 0 Å². The summed E-state index contributed by atoms with van der Waals surface area (Å²) in [5.74, 6) is 0.375. The van der Waals surface area contributed by atoms with E-state index in [1.165, 1.54) is 0 Å². The van der Waals surface area contributed by atoms with Gasteiger partial charge >= 0.3 is 5.97 Å². The van der Waals surface area contributed by atoms with E-state index in [0.29, 0.717) is 6.42 Å². The fourth-order valence-corrected chi connectivity index (χ4v) is 1.86. The lowest BCUT2D eigenvalue weighted by Crippen LogP contribution is -2.29. The molecule has 0 radical (unpaired) electrons. The van der Waals surface area contributed by atoms with Gasteiger partial charge in [-0.15, -0.1) is 0 Å². The average Bonchev–Trinajstić information content (AvgIpc) is 2.70. The molecule has 1 aliphatic heterocycles. The summed E-state index contributed by atoms with van der Waals surface area (Å²) in [6, 6.07) is 1.56. The molecule has 4 nitrogen and oxygen atoms in total. The first-order valence-corrected chi connectivity index (χ1v) is 4.68. The maximum atomic E-state index is 10.7. The van der Waals surface area contributed by atoms with Crippen LogP contribution in [0, 0.1) is 6.92 Å². The largest absolute Gasteiger partial charge is 0.480 e. The topological polar surface area (TPSA) is 62.5 Å². The van der Waals surface area contributed by atoms with Crippen molar-refractivity contribution >= 4 is 5.97 Å². The number of furan rings is 1. The molecule has 1 fully saturated rings. The van der Waals surface area contributed by atoms with E-state index in [9.17, 15) is 4.79 Å². The SMILES string of the molecule is Cc1cc(C2CNC(C(=O)O)C2)co1. The van der Waals surface area contributed by atoms with E-state index in [0.717, 1.165) is 17.9 Å². The molecule has 2 N–H and O–H groups in total. The van der Waals surface area contributed by atoms with Gasteiger partial charge in [-0.05, 0) is 25.0 Å². The molecule has 0 saturated carbocycles. The second-order valence-electron chi connectivity index (χ2n) is 3.72. The normalized spacial score (nSPS) is 26.6. The van der Waals surface area contributed by atoms with Crippen molar-refractivity contribution in [3.05, 3.63) is 23.7 Å². The third-order valence-electron chi connectivity index (χ3n) is 2.65. The van der Waals surface area contributed by atoms with Crippen molar-refractivity contribution in [2.24, 2.45) is 0 Å². The van der Waals surface area contributed by atoms with Gasteiger partial charge in [0, 0.05) is 12.5 Å². The smallest absolute Gasteiger partial charge is 0.320 e. The molecule has 1 aliphatic rings. The lowest BCUT2D eigenvalue weighted by Gasteiger charge is -2.03. The molecule has 76 valence electrons. The summed E-state index contributed by atoms with van der Waals surface area (Å²) in [4.78, 5) is 10.7. The van der Waals surface area contributed by atoms with Crippen LogP contribution in [-0.2, 0) is 4.79 Å². The highest BCUT2D eigenvalue weighted by atomic mass is 16.4. The first-order chi connectivity index (χ1) is 6.66. The third-order valence-corrected chi connectivity index (χ3v) is 2.65. The van der Waals surface area contributed by atoms with E-state index in [-0.39, 0.29) is 5.92 Å². The second kappa shape index (κ2) is 3.46. The van der Waals surface area contributed by atoms with Gasteiger partial charge in [-0.2, -0.15) is 0 Å². The van der Waals surface area contributed by atoms with Gasteiger partial charge in [0.25, 0.3) is 0 Å². The maximum absolute atomic E-state index is 10.7. The van der Waals surface area contributed by atoms with E-state index in [2.05, 4.69) is 5.32 Å². The van der Waals surface area contributed by atoms with Crippen molar-refractivity contribution in [1.82, 2.24) is 5.32 Å². The van der Waals surface area contributed by atoms with Crippen LogP contribution < -0.4 is 5.32 Å². The minimum Gasteiger partial charge on any atom is -0.480 e. The highest BCUT2D eigenvalue weighted by Gasteiger charge is 2.30. The predicted molar refractivity (Wildman–Crippen MR) is 50.2 cm³/mol. The van der Waals surface area contributed by atoms with Crippen molar-refractivity contribution in [3.63, 3.8) is 0 Å². The van der Waals surface area contributed by atoms with E-state index < -0.39 is 12.0 Å². The molecular formula is C10H13NO3. The van der Waals surface area contributed by atoms with Gasteiger partial charge in [0.15, 0.2) is 0 Å². The van der Waals surface area contributed by atoms with Crippen molar-refractivity contribution < 1.29 is 14.3 Å². The monoisotopic (exact) mass is 195 g/mol. The third kappa shape index (κ3) is 1.65. The molecule has 14 heavy (non-hydrogen) atoms. The minimum absolute atomic E-state index is 0.272. The van der Waals surface area contributed by atoms with E-state index in [1.807, 2.05) is 13.0 Å². The second-order valence-corrected chi connectivity index (χ2v) is 3.72. The summed E-state index contributed by atoms with van der Waals surface area (Å²) in [7, 11) is 0. The number of carbonyl (C=O) groups is 1. The summed E-state index contributed by atoms with van der Waals surface area (Å²) in [5, 5.41) is 11.8. The molecule has 0 aliphatic carbocycles. The highest BCUT2D eigenvalue weighted by Crippen LogP contribution is 2.27. The van der Waals surface area contributed by atoms with Crippen LogP contribution in [0.25, 0.3) is 0 Å². The first kappa shape index (κ1) is 9.27. The molecule has 1 saturated heterocycles.